The number of benzene rings is 1. The zero-order valence-corrected chi connectivity index (χ0v) is 13.8. The molecule has 0 amide bonds. The maximum atomic E-state index is 2.38. The van der Waals surface area contributed by atoms with Crippen LogP contribution < -0.4 is 0 Å². The third kappa shape index (κ3) is 8.40. The van der Waals surface area contributed by atoms with Crippen LogP contribution in [0.4, 0.5) is 0 Å². The van der Waals surface area contributed by atoms with Crippen molar-refractivity contribution < 1.29 is 0 Å². The maximum absolute atomic E-state index is 2.38. The quantitative estimate of drug-likeness (QED) is 0.371. The second-order valence-corrected chi connectivity index (χ2v) is 6.11. The average Bonchev–Trinajstić information content (AvgIpc) is 2.49. The number of hydrogen-bond acceptors (Lipinski definition) is 0. The highest BCUT2D eigenvalue weighted by Gasteiger charge is 1.96. The van der Waals surface area contributed by atoms with Crippen molar-refractivity contribution in [2.75, 3.05) is 0 Å². The first kappa shape index (κ1) is 17.3. The fourth-order valence-electron chi connectivity index (χ4n) is 2.82. The lowest BCUT2D eigenvalue weighted by molar-refractivity contribution is 0.556. The van der Waals surface area contributed by atoms with Gasteiger partial charge in [0.05, 0.1) is 0 Å². The van der Waals surface area contributed by atoms with E-state index in [0.717, 1.165) is 6.42 Å². The molecule has 114 valence electrons. The summed E-state index contributed by atoms with van der Waals surface area (Å²) < 4.78 is 0. The zero-order chi connectivity index (χ0) is 14.5. The second-order valence-electron chi connectivity index (χ2n) is 6.11. The Bertz CT molecular complexity index is 327. The molecule has 0 N–H and O–H groups in total. The number of unbranched alkanes of at least 4 members (excludes halogenated alkanes) is 9. The molecule has 0 heterocycles. The van der Waals surface area contributed by atoms with E-state index in [0.29, 0.717) is 0 Å². The van der Waals surface area contributed by atoms with Gasteiger partial charge in [-0.1, -0.05) is 95.9 Å². The Balaban J connectivity index is 1.94. The summed E-state index contributed by atoms with van der Waals surface area (Å²) >= 11 is 0. The second kappa shape index (κ2) is 12.0. The minimum Gasteiger partial charge on any atom is -0.0654 e. The van der Waals surface area contributed by atoms with E-state index in [9.17, 15) is 0 Å². The van der Waals surface area contributed by atoms with Gasteiger partial charge in [0.1, 0.15) is 0 Å². The Hall–Kier alpha value is -0.780. The van der Waals surface area contributed by atoms with Crippen LogP contribution in [0.1, 0.15) is 89.2 Å². The summed E-state index contributed by atoms with van der Waals surface area (Å²) in [6, 6.07) is 9.12. The Labute approximate surface area is 127 Å². The van der Waals surface area contributed by atoms with Crippen LogP contribution in [0, 0.1) is 0 Å². The van der Waals surface area contributed by atoms with E-state index in [1.807, 2.05) is 0 Å². The first-order valence-corrected chi connectivity index (χ1v) is 8.94. The van der Waals surface area contributed by atoms with E-state index >= 15 is 0 Å². The van der Waals surface area contributed by atoms with E-state index in [1.165, 1.54) is 81.8 Å². The largest absolute Gasteiger partial charge is 0.0654 e. The van der Waals surface area contributed by atoms with Crippen molar-refractivity contribution in [3.05, 3.63) is 35.4 Å². The summed E-state index contributed by atoms with van der Waals surface area (Å²) in [7, 11) is 0. The van der Waals surface area contributed by atoms with Crippen LogP contribution in [0.3, 0.4) is 0 Å². The minimum atomic E-state index is 1.16. The molecule has 0 radical (unpaired) electrons. The highest BCUT2D eigenvalue weighted by Crippen LogP contribution is 2.13. The van der Waals surface area contributed by atoms with Gasteiger partial charge in [0.25, 0.3) is 0 Å². The van der Waals surface area contributed by atoms with Crippen molar-refractivity contribution in [1.82, 2.24) is 0 Å². The molecule has 1 rings (SSSR count). The average molecular weight is 274 g/mol. The third-order valence-corrected chi connectivity index (χ3v) is 4.22. The molecule has 0 aliphatic rings. The molecule has 0 bridgehead atoms. The molecule has 0 aliphatic carbocycles. The SMILES string of the molecule is CCCCCCCCCCCCc1cccc(CC)c1. The van der Waals surface area contributed by atoms with Crippen molar-refractivity contribution in [1.29, 1.82) is 0 Å². The van der Waals surface area contributed by atoms with Crippen LogP contribution in [0.5, 0.6) is 0 Å². The standard InChI is InChI=1S/C20H34/c1-3-5-6-7-8-9-10-11-12-13-15-20-17-14-16-19(4-2)18-20/h14,16-18H,3-13,15H2,1-2H3. The molecule has 0 saturated heterocycles. The van der Waals surface area contributed by atoms with Crippen LogP contribution in [-0.4, -0.2) is 0 Å². The molecule has 0 nitrogen and oxygen atoms in total. The van der Waals surface area contributed by atoms with Gasteiger partial charge in [-0.05, 0) is 30.4 Å². The summed E-state index contributed by atoms with van der Waals surface area (Å²) in [6.45, 7) is 4.52. The van der Waals surface area contributed by atoms with Gasteiger partial charge in [-0.3, -0.25) is 0 Å². The highest BCUT2D eigenvalue weighted by atomic mass is 14.0. The first-order valence-electron chi connectivity index (χ1n) is 8.94. The fourth-order valence-corrected chi connectivity index (χ4v) is 2.82. The smallest absolute Gasteiger partial charge is 0.0279 e. The fraction of sp³-hybridized carbons (Fsp3) is 0.700. The minimum absolute atomic E-state index is 1.16. The van der Waals surface area contributed by atoms with E-state index in [4.69, 9.17) is 0 Å². The van der Waals surface area contributed by atoms with Crippen molar-refractivity contribution >= 4 is 0 Å². The predicted octanol–water partition coefficient (Wildman–Crippen LogP) is 6.71. The van der Waals surface area contributed by atoms with Gasteiger partial charge >= 0.3 is 0 Å². The molecule has 20 heavy (non-hydrogen) atoms. The molecular formula is C20H34. The van der Waals surface area contributed by atoms with Gasteiger partial charge in [0, 0.05) is 0 Å². The Morgan fingerprint density at radius 1 is 0.650 bits per heavy atom. The van der Waals surface area contributed by atoms with Crippen molar-refractivity contribution in [3.63, 3.8) is 0 Å². The van der Waals surface area contributed by atoms with Gasteiger partial charge < -0.3 is 0 Å². The van der Waals surface area contributed by atoms with Gasteiger partial charge in [-0.25, -0.2) is 0 Å². The predicted molar refractivity (Wildman–Crippen MR) is 91.4 cm³/mol. The van der Waals surface area contributed by atoms with Crippen LogP contribution in [0.25, 0.3) is 0 Å². The number of rotatable bonds is 12. The lowest BCUT2D eigenvalue weighted by Crippen LogP contribution is -1.89. The van der Waals surface area contributed by atoms with E-state index in [-0.39, 0.29) is 0 Å². The lowest BCUT2D eigenvalue weighted by atomic mass is 10.0. The van der Waals surface area contributed by atoms with Crippen molar-refractivity contribution in [2.24, 2.45) is 0 Å². The Kier molecular flexibility index (Phi) is 10.4. The Morgan fingerprint density at radius 2 is 1.20 bits per heavy atom. The molecule has 1 aromatic carbocycles. The highest BCUT2D eigenvalue weighted by molar-refractivity contribution is 5.23. The molecule has 0 aromatic heterocycles. The van der Waals surface area contributed by atoms with Gasteiger partial charge in [-0.15, -0.1) is 0 Å². The van der Waals surface area contributed by atoms with Crippen LogP contribution in [0.15, 0.2) is 24.3 Å². The van der Waals surface area contributed by atoms with Crippen molar-refractivity contribution in [3.8, 4) is 0 Å². The zero-order valence-electron chi connectivity index (χ0n) is 13.8. The van der Waals surface area contributed by atoms with Crippen LogP contribution in [0.2, 0.25) is 0 Å². The Morgan fingerprint density at radius 3 is 1.80 bits per heavy atom. The maximum Gasteiger partial charge on any atom is -0.0279 e. The molecule has 1 aromatic rings. The topological polar surface area (TPSA) is 0 Å². The number of aryl methyl sites for hydroxylation is 2. The van der Waals surface area contributed by atoms with Gasteiger partial charge in [0.15, 0.2) is 0 Å². The molecular weight excluding hydrogens is 240 g/mol. The molecule has 0 saturated carbocycles. The summed E-state index contributed by atoms with van der Waals surface area (Å²) in [5.41, 5.74) is 3.01. The number of hydrogen-bond donors (Lipinski definition) is 0. The molecule has 0 aliphatic heterocycles. The van der Waals surface area contributed by atoms with Gasteiger partial charge in [0.2, 0.25) is 0 Å². The van der Waals surface area contributed by atoms with E-state index in [2.05, 4.69) is 38.1 Å². The summed E-state index contributed by atoms with van der Waals surface area (Å²) in [4.78, 5) is 0. The summed E-state index contributed by atoms with van der Waals surface area (Å²) in [5.74, 6) is 0. The first-order chi connectivity index (χ1) is 9.86. The van der Waals surface area contributed by atoms with Crippen LogP contribution in [-0.2, 0) is 12.8 Å². The molecule has 0 atom stereocenters. The monoisotopic (exact) mass is 274 g/mol. The molecule has 0 fully saturated rings. The molecule has 0 spiro atoms. The lowest BCUT2D eigenvalue weighted by Gasteiger charge is -2.04. The summed E-state index contributed by atoms with van der Waals surface area (Å²) in [6.07, 6.45) is 16.7. The molecule has 0 heteroatoms. The normalized spacial score (nSPS) is 10.9. The van der Waals surface area contributed by atoms with Gasteiger partial charge in [-0.2, -0.15) is 0 Å². The van der Waals surface area contributed by atoms with E-state index in [1.54, 1.807) is 0 Å². The summed E-state index contributed by atoms with van der Waals surface area (Å²) in [5, 5.41) is 0. The van der Waals surface area contributed by atoms with Crippen LogP contribution >= 0.6 is 0 Å². The van der Waals surface area contributed by atoms with E-state index < -0.39 is 0 Å². The molecule has 0 unspecified atom stereocenters. The third-order valence-electron chi connectivity index (χ3n) is 4.22. The van der Waals surface area contributed by atoms with Crippen molar-refractivity contribution in [2.45, 2.75) is 90.9 Å².